The van der Waals surface area contributed by atoms with Gasteiger partial charge in [0, 0.05) is 17.8 Å². The van der Waals surface area contributed by atoms with Gasteiger partial charge in [0.1, 0.15) is 0 Å². The second kappa shape index (κ2) is 5.43. The molecule has 1 aliphatic rings. The van der Waals surface area contributed by atoms with Crippen LogP contribution in [0.15, 0.2) is 36.4 Å². The van der Waals surface area contributed by atoms with E-state index in [0.29, 0.717) is 0 Å². The average Bonchev–Trinajstić information content (AvgIpc) is 2.72. The predicted molar refractivity (Wildman–Crippen MR) is 75.9 cm³/mol. The van der Waals surface area contributed by atoms with Gasteiger partial charge in [0.25, 0.3) is 0 Å². The number of hydrogen-bond donors (Lipinski definition) is 1. The Morgan fingerprint density at radius 1 is 0.889 bits per heavy atom. The lowest BCUT2D eigenvalue weighted by molar-refractivity contribution is 0.613. The molecule has 0 saturated carbocycles. The smallest absolute Gasteiger partial charge is 0.0196 e. The van der Waals surface area contributed by atoms with Crippen LogP contribution in [0.4, 0.5) is 0 Å². The van der Waals surface area contributed by atoms with E-state index in [1.54, 1.807) is 5.56 Å². The zero-order valence-electron chi connectivity index (χ0n) is 10.9. The number of aryl methyl sites for hydroxylation is 2. The number of benzene rings is 1. The molecule has 1 aromatic heterocycles. The van der Waals surface area contributed by atoms with Crippen molar-refractivity contribution in [2.75, 3.05) is 0 Å². The molecule has 0 bridgehead atoms. The number of H-pyrrole nitrogens is 1. The minimum atomic E-state index is 1.04. The zero-order valence-corrected chi connectivity index (χ0v) is 10.9. The summed E-state index contributed by atoms with van der Waals surface area (Å²) in [5, 5.41) is 0. The number of aromatic amines is 1. The summed E-state index contributed by atoms with van der Waals surface area (Å²) in [6.07, 6.45) is 9.04. The lowest BCUT2D eigenvalue weighted by Gasteiger charge is -2.08. The molecule has 0 saturated heterocycles. The first-order valence-electron chi connectivity index (χ1n) is 7.15. The van der Waals surface area contributed by atoms with Crippen LogP contribution >= 0.6 is 0 Å². The second-order valence-corrected chi connectivity index (χ2v) is 5.37. The molecular weight excluding hydrogens is 218 g/mol. The SMILES string of the molecule is c1ccc(Cc2cc3c([nH]2)CCCCCC3)cc1. The highest BCUT2D eigenvalue weighted by atomic mass is 14.7. The monoisotopic (exact) mass is 239 g/mol. The summed E-state index contributed by atoms with van der Waals surface area (Å²) < 4.78 is 0. The summed E-state index contributed by atoms with van der Waals surface area (Å²) in [5.74, 6) is 0. The maximum Gasteiger partial charge on any atom is 0.0196 e. The Hall–Kier alpha value is -1.50. The van der Waals surface area contributed by atoms with Crippen LogP contribution < -0.4 is 0 Å². The average molecular weight is 239 g/mol. The quantitative estimate of drug-likeness (QED) is 0.805. The van der Waals surface area contributed by atoms with Crippen LogP contribution in [0.5, 0.6) is 0 Å². The highest BCUT2D eigenvalue weighted by molar-refractivity contribution is 5.30. The molecule has 1 aliphatic carbocycles. The van der Waals surface area contributed by atoms with Gasteiger partial charge in [-0.2, -0.15) is 0 Å². The molecule has 1 heterocycles. The van der Waals surface area contributed by atoms with Crippen molar-refractivity contribution < 1.29 is 0 Å². The molecule has 0 spiro atoms. The van der Waals surface area contributed by atoms with Gasteiger partial charge in [-0.3, -0.25) is 0 Å². The number of nitrogens with one attached hydrogen (secondary N) is 1. The number of fused-ring (bicyclic) bond motifs is 1. The third-order valence-corrected chi connectivity index (χ3v) is 3.91. The molecular formula is C17H21N. The zero-order chi connectivity index (χ0) is 12.2. The molecule has 0 atom stereocenters. The van der Waals surface area contributed by atoms with Gasteiger partial charge in [-0.1, -0.05) is 43.2 Å². The van der Waals surface area contributed by atoms with Crippen LogP contribution in [0.2, 0.25) is 0 Å². The van der Waals surface area contributed by atoms with E-state index >= 15 is 0 Å². The van der Waals surface area contributed by atoms with E-state index < -0.39 is 0 Å². The largest absolute Gasteiger partial charge is 0.362 e. The van der Waals surface area contributed by atoms with Crippen LogP contribution in [0.1, 0.15) is 48.2 Å². The van der Waals surface area contributed by atoms with Gasteiger partial charge >= 0.3 is 0 Å². The lowest BCUT2D eigenvalue weighted by Crippen LogP contribution is -1.97. The fourth-order valence-corrected chi connectivity index (χ4v) is 2.94. The van der Waals surface area contributed by atoms with E-state index in [-0.39, 0.29) is 0 Å². The molecule has 0 fully saturated rings. The fraction of sp³-hybridized carbons (Fsp3) is 0.412. The Bertz CT molecular complexity index is 470. The molecule has 94 valence electrons. The number of rotatable bonds is 2. The van der Waals surface area contributed by atoms with Crippen molar-refractivity contribution in [1.82, 2.24) is 4.98 Å². The molecule has 1 heteroatoms. The van der Waals surface area contributed by atoms with Gasteiger partial charge in [0.15, 0.2) is 0 Å². The summed E-state index contributed by atoms with van der Waals surface area (Å²) in [4.78, 5) is 3.65. The lowest BCUT2D eigenvalue weighted by atomic mass is 9.99. The van der Waals surface area contributed by atoms with Crippen LogP contribution in [-0.4, -0.2) is 4.98 Å². The highest BCUT2D eigenvalue weighted by Crippen LogP contribution is 2.22. The Labute approximate surface area is 109 Å². The van der Waals surface area contributed by atoms with Crippen molar-refractivity contribution in [3.63, 3.8) is 0 Å². The first kappa shape index (κ1) is 11.6. The summed E-state index contributed by atoms with van der Waals surface area (Å²) in [6.45, 7) is 0. The molecule has 0 radical (unpaired) electrons. The first-order valence-corrected chi connectivity index (χ1v) is 7.15. The Kier molecular flexibility index (Phi) is 3.49. The molecule has 0 aliphatic heterocycles. The van der Waals surface area contributed by atoms with E-state index in [1.807, 2.05) is 0 Å². The van der Waals surface area contributed by atoms with Gasteiger partial charge in [-0.25, -0.2) is 0 Å². The van der Waals surface area contributed by atoms with Gasteiger partial charge in [-0.15, -0.1) is 0 Å². The Balaban J connectivity index is 1.79. The van der Waals surface area contributed by atoms with Crippen molar-refractivity contribution in [3.05, 3.63) is 58.9 Å². The van der Waals surface area contributed by atoms with E-state index in [0.717, 1.165) is 6.42 Å². The molecule has 18 heavy (non-hydrogen) atoms. The predicted octanol–water partition coefficient (Wildman–Crippen LogP) is 4.26. The minimum Gasteiger partial charge on any atom is -0.362 e. The van der Waals surface area contributed by atoms with Crippen LogP contribution in [0.3, 0.4) is 0 Å². The van der Waals surface area contributed by atoms with E-state index in [9.17, 15) is 0 Å². The molecule has 3 rings (SSSR count). The number of hydrogen-bond acceptors (Lipinski definition) is 0. The molecule has 0 unspecified atom stereocenters. The van der Waals surface area contributed by atoms with Crippen LogP contribution in [0.25, 0.3) is 0 Å². The fourth-order valence-electron chi connectivity index (χ4n) is 2.94. The topological polar surface area (TPSA) is 15.8 Å². The summed E-state index contributed by atoms with van der Waals surface area (Å²) in [6, 6.07) is 13.1. The van der Waals surface area contributed by atoms with E-state index in [2.05, 4.69) is 41.4 Å². The van der Waals surface area contributed by atoms with Crippen LogP contribution in [-0.2, 0) is 19.3 Å². The minimum absolute atomic E-state index is 1.04. The van der Waals surface area contributed by atoms with Gasteiger partial charge in [0.2, 0.25) is 0 Å². The number of aromatic nitrogens is 1. The van der Waals surface area contributed by atoms with E-state index in [4.69, 9.17) is 0 Å². The van der Waals surface area contributed by atoms with Crippen molar-refractivity contribution in [2.45, 2.75) is 44.9 Å². The summed E-state index contributed by atoms with van der Waals surface area (Å²) >= 11 is 0. The maximum absolute atomic E-state index is 3.65. The molecule has 1 aromatic carbocycles. The maximum atomic E-state index is 3.65. The molecule has 1 N–H and O–H groups in total. The third kappa shape index (κ3) is 2.66. The van der Waals surface area contributed by atoms with Crippen LogP contribution in [0, 0.1) is 0 Å². The van der Waals surface area contributed by atoms with E-state index in [1.165, 1.54) is 55.5 Å². The molecule has 0 amide bonds. The summed E-state index contributed by atoms with van der Waals surface area (Å²) in [5.41, 5.74) is 5.85. The van der Waals surface area contributed by atoms with Crippen molar-refractivity contribution in [2.24, 2.45) is 0 Å². The Morgan fingerprint density at radius 3 is 2.50 bits per heavy atom. The second-order valence-electron chi connectivity index (χ2n) is 5.37. The normalized spacial score (nSPS) is 15.8. The van der Waals surface area contributed by atoms with Gasteiger partial charge in [0.05, 0.1) is 0 Å². The van der Waals surface area contributed by atoms with Gasteiger partial charge in [-0.05, 0) is 42.9 Å². The standard InChI is InChI=1S/C17H21N/c1-2-7-11-17-15(10-6-1)13-16(18-17)12-14-8-4-3-5-9-14/h3-5,8-9,13,18H,1-2,6-7,10-12H2. The van der Waals surface area contributed by atoms with Crippen molar-refractivity contribution in [3.8, 4) is 0 Å². The third-order valence-electron chi connectivity index (χ3n) is 3.91. The highest BCUT2D eigenvalue weighted by Gasteiger charge is 2.10. The summed E-state index contributed by atoms with van der Waals surface area (Å²) in [7, 11) is 0. The molecule has 2 aromatic rings. The Morgan fingerprint density at radius 2 is 1.67 bits per heavy atom. The van der Waals surface area contributed by atoms with Crippen molar-refractivity contribution >= 4 is 0 Å². The van der Waals surface area contributed by atoms with Gasteiger partial charge < -0.3 is 4.98 Å². The first-order chi connectivity index (χ1) is 8.92. The molecule has 1 nitrogen and oxygen atoms in total. The van der Waals surface area contributed by atoms with Crippen molar-refractivity contribution in [1.29, 1.82) is 0 Å².